The molecule has 1 saturated carbocycles. The molecule has 1 aromatic rings. The number of piperidine rings is 1. The Morgan fingerprint density at radius 2 is 1.92 bits per heavy atom. The Bertz CT molecular complexity index is 1180. The number of aromatic hydroxyl groups is 1. The molecule has 37 heavy (non-hydrogen) atoms. The van der Waals surface area contributed by atoms with Crippen LogP contribution < -0.4 is 10.1 Å². The molecule has 5 N–H and O–H groups in total. The molecule has 2 fully saturated rings. The molecule has 0 radical (unpaired) electrons. The van der Waals surface area contributed by atoms with Crippen LogP contribution in [-0.2, 0) is 21.4 Å². The Kier molecular flexibility index (Phi) is 5.84. The number of phenols is 1. The van der Waals surface area contributed by atoms with Gasteiger partial charge in [0.2, 0.25) is 0 Å². The molecule has 5 rings (SSSR count). The first-order valence-corrected chi connectivity index (χ1v) is 13.1. The van der Waals surface area contributed by atoms with E-state index >= 15 is 0 Å². The van der Waals surface area contributed by atoms with E-state index in [0.717, 1.165) is 12.1 Å². The largest absolute Gasteiger partial charge is 0.508 e. The number of hydrogen-bond donors (Lipinski definition) is 5. The third-order valence-electron chi connectivity index (χ3n) is 9.10. The minimum Gasteiger partial charge on any atom is -0.508 e. The van der Waals surface area contributed by atoms with Gasteiger partial charge in [-0.15, -0.1) is 0 Å². The summed E-state index contributed by atoms with van der Waals surface area (Å²) in [5, 5.41) is 46.6. The van der Waals surface area contributed by atoms with Crippen LogP contribution >= 0.6 is 0 Å². The van der Waals surface area contributed by atoms with Gasteiger partial charge in [-0.25, -0.2) is 4.79 Å². The number of aliphatic carboxylic acids is 1. The topological polar surface area (TPSA) is 140 Å². The van der Waals surface area contributed by atoms with Crippen molar-refractivity contribution in [2.75, 3.05) is 13.1 Å². The van der Waals surface area contributed by atoms with Crippen LogP contribution in [-0.4, -0.2) is 74.1 Å². The Balaban J connectivity index is 1.57. The molecule has 4 aliphatic rings. The number of rotatable bonds is 6. The minimum atomic E-state index is -1.32. The standard InChI is InChI=1S/C28H38N2O7/c1-14(24(33)29-22(25(34)35)26(2,3)4)20(32)23-28-10-11-30(13-15-6-7-15)18(27(28,5)36)12-16-8-9-17(31)21(37-23)19(16)28/h8-9,15,18,22-23,31-32,36H,6-7,10-13H2,1-5H3,(H,29,33)(H,34,35)/b20-14-/t18-,22?,23+,27-,28+/m1/s1. The molecule has 2 heterocycles. The fourth-order valence-corrected chi connectivity index (χ4v) is 6.77. The predicted octanol–water partition coefficient (Wildman–Crippen LogP) is 2.63. The molecule has 2 bridgehead atoms. The number of nitrogens with zero attached hydrogens (tertiary/aromatic N) is 1. The van der Waals surface area contributed by atoms with E-state index in [1.54, 1.807) is 33.8 Å². The Morgan fingerprint density at radius 1 is 1.24 bits per heavy atom. The van der Waals surface area contributed by atoms with Crippen LogP contribution in [0.1, 0.15) is 65.0 Å². The summed E-state index contributed by atoms with van der Waals surface area (Å²) in [5.41, 5.74) is -1.59. The minimum absolute atomic E-state index is 0.0798. The average molecular weight is 515 g/mol. The third-order valence-corrected chi connectivity index (χ3v) is 9.10. The third kappa shape index (κ3) is 3.81. The molecule has 9 nitrogen and oxygen atoms in total. The van der Waals surface area contributed by atoms with E-state index in [1.807, 2.05) is 6.07 Å². The SMILES string of the molecule is C/C(C(=O)NC(C(=O)O)C(C)(C)C)=C(/O)[C@@H]1Oc2c(O)ccc3c2[C@@]12CCN(CC1CC1)[C@H](C3)[C@@]2(C)O. The first-order valence-electron chi connectivity index (χ1n) is 13.1. The number of amides is 1. The summed E-state index contributed by atoms with van der Waals surface area (Å²) in [6.45, 7) is 9.93. The predicted molar refractivity (Wildman–Crippen MR) is 136 cm³/mol. The van der Waals surface area contributed by atoms with Gasteiger partial charge in [-0.05, 0) is 69.0 Å². The van der Waals surface area contributed by atoms with Gasteiger partial charge in [-0.3, -0.25) is 9.69 Å². The van der Waals surface area contributed by atoms with Crippen molar-refractivity contribution in [3.05, 3.63) is 34.6 Å². The molecule has 202 valence electrons. The highest BCUT2D eigenvalue weighted by Crippen LogP contribution is 2.63. The summed E-state index contributed by atoms with van der Waals surface area (Å²) in [5.74, 6) is -1.47. The van der Waals surface area contributed by atoms with Gasteiger partial charge in [-0.1, -0.05) is 26.8 Å². The van der Waals surface area contributed by atoms with Gasteiger partial charge < -0.3 is 30.5 Å². The summed E-state index contributed by atoms with van der Waals surface area (Å²) in [7, 11) is 0. The highest BCUT2D eigenvalue weighted by molar-refractivity contribution is 5.96. The van der Waals surface area contributed by atoms with Crippen LogP contribution in [0.2, 0.25) is 0 Å². The number of likely N-dealkylation sites (tertiary alicyclic amines) is 1. The van der Waals surface area contributed by atoms with Gasteiger partial charge in [0.15, 0.2) is 17.6 Å². The second kappa shape index (κ2) is 8.36. The monoisotopic (exact) mass is 514 g/mol. The van der Waals surface area contributed by atoms with Crippen LogP contribution in [0.25, 0.3) is 0 Å². The van der Waals surface area contributed by atoms with Gasteiger partial charge in [0, 0.05) is 18.2 Å². The van der Waals surface area contributed by atoms with Gasteiger partial charge in [0.25, 0.3) is 5.91 Å². The lowest BCUT2D eigenvalue weighted by Crippen LogP contribution is -2.73. The van der Waals surface area contributed by atoms with Crippen molar-refractivity contribution in [1.29, 1.82) is 0 Å². The molecule has 2 aliphatic carbocycles. The van der Waals surface area contributed by atoms with Crippen LogP contribution in [0, 0.1) is 11.3 Å². The fourth-order valence-electron chi connectivity index (χ4n) is 6.77. The Labute approximate surface area is 217 Å². The van der Waals surface area contributed by atoms with Crippen LogP contribution in [0.4, 0.5) is 0 Å². The van der Waals surface area contributed by atoms with Crippen molar-refractivity contribution in [3.63, 3.8) is 0 Å². The molecular weight excluding hydrogens is 476 g/mol. The van der Waals surface area contributed by atoms with E-state index in [2.05, 4.69) is 10.2 Å². The van der Waals surface area contributed by atoms with E-state index in [1.165, 1.54) is 19.8 Å². The lowest BCUT2D eigenvalue weighted by molar-refractivity contribution is -0.153. The summed E-state index contributed by atoms with van der Waals surface area (Å²) < 4.78 is 6.22. The van der Waals surface area contributed by atoms with Gasteiger partial charge in [0.05, 0.1) is 16.6 Å². The van der Waals surface area contributed by atoms with Crippen molar-refractivity contribution in [1.82, 2.24) is 10.2 Å². The number of carboxylic acid groups (broad SMARTS) is 1. The summed E-state index contributed by atoms with van der Waals surface area (Å²) in [6, 6.07) is 2.05. The number of aliphatic hydroxyl groups is 2. The molecule has 1 unspecified atom stereocenters. The van der Waals surface area contributed by atoms with Crippen molar-refractivity contribution in [2.45, 2.75) is 89.5 Å². The molecule has 5 atom stereocenters. The van der Waals surface area contributed by atoms with E-state index in [0.29, 0.717) is 30.9 Å². The molecule has 1 amide bonds. The summed E-state index contributed by atoms with van der Waals surface area (Å²) in [6.07, 6.45) is 2.34. The molecule has 1 spiro atoms. The molecule has 1 saturated heterocycles. The smallest absolute Gasteiger partial charge is 0.326 e. The Hall–Kier alpha value is -2.78. The maximum Gasteiger partial charge on any atom is 0.326 e. The highest BCUT2D eigenvalue weighted by Gasteiger charge is 2.69. The maximum atomic E-state index is 13.2. The normalized spacial score (nSPS) is 32.2. The lowest BCUT2D eigenvalue weighted by atomic mass is 9.53. The van der Waals surface area contributed by atoms with Gasteiger partial charge in [-0.2, -0.15) is 0 Å². The average Bonchev–Trinajstić information content (AvgIpc) is 3.54. The molecular formula is C28H38N2O7. The van der Waals surface area contributed by atoms with E-state index in [9.17, 15) is 30.0 Å². The molecule has 2 aliphatic heterocycles. The second-order valence-corrected chi connectivity index (χ2v) is 12.6. The maximum absolute atomic E-state index is 13.2. The Morgan fingerprint density at radius 3 is 2.51 bits per heavy atom. The van der Waals surface area contributed by atoms with Crippen LogP contribution in [0.5, 0.6) is 11.5 Å². The molecule has 0 aromatic heterocycles. The number of benzene rings is 1. The van der Waals surface area contributed by atoms with E-state index < -0.39 is 40.5 Å². The van der Waals surface area contributed by atoms with Crippen LogP contribution in [0.15, 0.2) is 23.5 Å². The first-order chi connectivity index (χ1) is 17.2. The number of fused-ring (bicyclic) bond motifs is 1. The van der Waals surface area contributed by atoms with E-state index in [-0.39, 0.29) is 28.9 Å². The molecule has 9 heteroatoms. The van der Waals surface area contributed by atoms with Crippen molar-refractivity contribution >= 4 is 11.9 Å². The first kappa shape index (κ1) is 25.9. The van der Waals surface area contributed by atoms with Gasteiger partial charge >= 0.3 is 5.97 Å². The van der Waals surface area contributed by atoms with E-state index in [4.69, 9.17) is 4.74 Å². The zero-order chi connectivity index (χ0) is 27.1. The van der Waals surface area contributed by atoms with Crippen molar-refractivity contribution in [3.8, 4) is 11.5 Å². The summed E-state index contributed by atoms with van der Waals surface area (Å²) >= 11 is 0. The second-order valence-electron chi connectivity index (χ2n) is 12.6. The number of carbonyl (C=O) groups is 2. The zero-order valence-electron chi connectivity index (χ0n) is 22.2. The number of carbonyl (C=O) groups excluding carboxylic acids is 1. The number of phenolic OH excluding ortho intramolecular Hbond substituents is 1. The number of hydrogen-bond acceptors (Lipinski definition) is 7. The molecule has 1 aromatic carbocycles. The number of carboxylic acids is 1. The highest BCUT2D eigenvalue weighted by atomic mass is 16.5. The zero-order valence-corrected chi connectivity index (χ0v) is 22.2. The lowest BCUT2D eigenvalue weighted by Gasteiger charge is -2.59. The van der Waals surface area contributed by atoms with Gasteiger partial charge in [0.1, 0.15) is 11.8 Å². The fraction of sp³-hybridized carbons (Fsp3) is 0.643. The number of nitrogens with one attached hydrogen (secondary N) is 1. The van der Waals surface area contributed by atoms with Crippen LogP contribution in [0.3, 0.4) is 0 Å². The number of ether oxygens (including phenoxy) is 1. The number of aliphatic hydroxyl groups excluding tert-OH is 1. The van der Waals surface area contributed by atoms with Crippen molar-refractivity contribution in [2.24, 2.45) is 11.3 Å². The quantitative estimate of drug-likeness (QED) is 0.288. The van der Waals surface area contributed by atoms with Crippen molar-refractivity contribution < 1.29 is 34.8 Å². The summed E-state index contributed by atoms with van der Waals surface area (Å²) in [4.78, 5) is 27.3.